The van der Waals surface area contributed by atoms with E-state index in [1.165, 1.54) is 7.11 Å². The fourth-order valence-electron chi connectivity index (χ4n) is 3.31. The summed E-state index contributed by atoms with van der Waals surface area (Å²) in [5.41, 5.74) is -1.87. The molecule has 3 atom stereocenters. The van der Waals surface area contributed by atoms with E-state index < -0.39 is 22.7 Å². The maximum atomic E-state index is 12.8. The maximum Gasteiger partial charge on any atom is 0.312 e. The molecule has 0 fully saturated rings. The summed E-state index contributed by atoms with van der Waals surface area (Å²) in [6.07, 6.45) is 0.979. The number of esters is 3. The second-order valence-corrected chi connectivity index (χ2v) is 9.15. The summed E-state index contributed by atoms with van der Waals surface area (Å²) in [7, 11) is 7.40. The molecule has 7 nitrogen and oxygen atoms in total. The largest absolute Gasteiger partial charge is 0.469 e. The lowest BCUT2D eigenvalue weighted by molar-refractivity contribution is -0.870. The zero-order valence-corrected chi connectivity index (χ0v) is 19.2. The van der Waals surface area contributed by atoms with Crippen LogP contribution < -0.4 is 0 Å². The molecule has 0 aliphatic carbocycles. The van der Waals surface area contributed by atoms with Crippen LogP contribution in [-0.4, -0.2) is 70.4 Å². The molecule has 0 aromatic carbocycles. The molecule has 0 aromatic heterocycles. The van der Waals surface area contributed by atoms with E-state index in [1.807, 2.05) is 28.1 Å². The lowest BCUT2D eigenvalue weighted by Crippen LogP contribution is -2.43. The minimum Gasteiger partial charge on any atom is -0.469 e. The molecular weight excluding hydrogens is 362 g/mol. The Labute approximate surface area is 170 Å². The van der Waals surface area contributed by atoms with Gasteiger partial charge in [0.15, 0.2) is 0 Å². The molecule has 0 aliphatic rings. The molecule has 0 bridgehead atoms. The first kappa shape index (κ1) is 26.4. The van der Waals surface area contributed by atoms with Gasteiger partial charge in [-0.2, -0.15) is 0 Å². The number of nitrogens with zero attached hydrogens (tertiary/aromatic N) is 1. The van der Waals surface area contributed by atoms with E-state index in [4.69, 9.17) is 14.2 Å². The van der Waals surface area contributed by atoms with Crippen LogP contribution in [0.15, 0.2) is 0 Å². The molecule has 0 N–H and O–H groups in total. The predicted molar refractivity (Wildman–Crippen MR) is 107 cm³/mol. The van der Waals surface area contributed by atoms with Crippen LogP contribution in [-0.2, 0) is 28.6 Å². The monoisotopic (exact) mass is 402 g/mol. The number of hydrogen-bond acceptors (Lipinski definition) is 6. The Morgan fingerprint density at radius 2 is 1.54 bits per heavy atom. The van der Waals surface area contributed by atoms with Gasteiger partial charge in [-0.1, -0.05) is 13.8 Å². The summed E-state index contributed by atoms with van der Waals surface area (Å²) in [5.74, 6) is -1.62. The summed E-state index contributed by atoms with van der Waals surface area (Å²) in [5, 5.41) is 0. The van der Waals surface area contributed by atoms with Crippen LogP contribution in [0.5, 0.6) is 0 Å². The highest BCUT2D eigenvalue weighted by Crippen LogP contribution is 2.42. The first-order valence-corrected chi connectivity index (χ1v) is 9.97. The molecule has 0 rings (SSSR count). The zero-order valence-electron chi connectivity index (χ0n) is 19.2. The van der Waals surface area contributed by atoms with Crippen molar-refractivity contribution in [3.63, 3.8) is 0 Å². The topological polar surface area (TPSA) is 78.9 Å². The van der Waals surface area contributed by atoms with Gasteiger partial charge in [0.05, 0.1) is 51.6 Å². The molecule has 164 valence electrons. The van der Waals surface area contributed by atoms with E-state index in [1.54, 1.807) is 27.7 Å². The third-order valence-corrected chi connectivity index (χ3v) is 5.17. The van der Waals surface area contributed by atoms with Crippen LogP contribution in [0.1, 0.15) is 53.9 Å². The quantitative estimate of drug-likeness (QED) is 0.284. The molecule has 0 saturated carbocycles. The third kappa shape index (κ3) is 8.17. The van der Waals surface area contributed by atoms with E-state index in [0.717, 1.165) is 0 Å². The van der Waals surface area contributed by atoms with E-state index in [0.29, 0.717) is 24.1 Å². The molecule has 0 saturated heterocycles. The van der Waals surface area contributed by atoms with Crippen molar-refractivity contribution < 1.29 is 33.1 Å². The highest BCUT2D eigenvalue weighted by molar-refractivity contribution is 5.81. The molecular formula is C21H40NO6+. The van der Waals surface area contributed by atoms with Crippen LogP contribution in [0.25, 0.3) is 0 Å². The average Bonchev–Trinajstić information content (AvgIpc) is 2.59. The van der Waals surface area contributed by atoms with Gasteiger partial charge in [0.25, 0.3) is 0 Å². The lowest BCUT2D eigenvalue weighted by atomic mass is 9.68. The predicted octanol–water partition coefficient (Wildman–Crippen LogP) is 2.81. The molecule has 0 aromatic rings. The zero-order chi connectivity index (χ0) is 22.2. The Kier molecular flexibility index (Phi) is 10.2. The second-order valence-electron chi connectivity index (χ2n) is 9.15. The van der Waals surface area contributed by atoms with Gasteiger partial charge < -0.3 is 18.7 Å². The van der Waals surface area contributed by atoms with Crippen molar-refractivity contribution in [2.24, 2.45) is 16.7 Å². The number of hydrogen-bond donors (Lipinski definition) is 0. The standard InChI is InChI=1S/C21H40NO6/c1-10-20(4,19(25)28-13-12-22(6,7)8)15-21(5,18(24)26-9)14-16(3)17(23)27-11-2/h16H,10-15H2,1-9H3/q+1. The minimum atomic E-state index is -1.01. The van der Waals surface area contributed by atoms with Crippen LogP contribution in [0.4, 0.5) is 0 Å². The number of methoxy groups -OCH3 is 1. The summed E-state index contributed by atoms with van der Waals surface area (Å²) in [6.45, 7) is 10.2. The van der Waals surface area contributed by atoms with Crippen molar-refractivity contribution in [3.05, 3.63) is 0 Å². The molecule has 0 spiro atoms. The number of ether oxygens (including phenoxy) is 3. The lowest BCUT2D eigenvalue weighted by Gasteiger charge is -2.37. The van der Waals surface area contributed by atoms with Crippen LogP contribution in [0, 0.1) is 16.7 Å². The Hall–Kier alpha value is -1.63. The fourth-order valence-corrected chi connectivity index (χ4v) is 3.31. The van der Waals surface area contributed by atoms with E-state index in [9.17, 15) is 14.4 Å². The van der Waals surface area contributed by atoms with Crippen LogP contribution >= 0.6 is 0 Å². The van der Waals surface area contributed by atoms with E-state index in [-0.39, 0.29) is 31.4 Å². The molecule has 28 heavy (non-hydrogen) atoms. The summed E-state index contributed by atoms with van der Waals surface area (Å²) >= 11 is 0. The van der Waals surface area contributed by atoms with Crippen molar-refractivity contribution in [2.75, 3.05) is 48.0 Å². The number of carbonyl (C=O) groups excluding carboxylic acids is 3. The van der Waals surface area contributed by atoms with Gasteiger partial charge >= 0.3 is 17.9 Å². The SMILES string of the molecule is CCOC(=O)C(C)CC(C)(CC(C)(CC)C(=O)OCC[N+](C)(C)C)C(=O)OC. The molecule has 7 heteroatoms. The molecule has 0 heterocycles. The minimum absolute atomic E-state index is 0.232. The Morgan fingerprint density at radius 3 is 1.96 bits per heavy atom. The van der Waals surface area contributed by atoms with Gasteiger partial charge in [-0.25, -0.2) is 0 Å². The molecule has 0 amide bonds. The second kappa shape index (κ2) is 10.8. The van der Waals surface area contributed by atoms with Crippen molar-refractivity contribution >= 4 is 17.9 Å². The number of carbonyl (C=O) groups is 3. The molecule has 0 aliphatic heterocycles. The van der Waals surface area contributed by atoms with Gasteiger partial charge in [-0.15, -0.1) is 0 Å². The number of quaternary nitrogens is 1. The van der Waals surface area contributed by atoms with Gasteiger partial charge in [-0.3, -0.25) is 14.4 Å². The Morgan fingerprint density at radius 1 is 0.964 bits per heavy atom. The molecule has 0 radical (unpaired) electrons. The van der Waals surface area contributed by atoms with E-state index in [2.05, 4.69) is 0 Å². The van der Waals surface area contributed by atoms with Gasteiger partial charge in [0.1, 0.15) is 13.2 Å². The van der Waals surface area contributed by atoms with Crippen LogP contribution in [0.2, 0.25) is 0 Å². The molecule has 3 unspecified atom stereocenters. The summed E-state index contributed by atoms with van der Waals surface area (Å²) < 4.78 is 16.3. The normalized spacial score (nSPS) is 17.0. The Bertz CT molecular complexity index is 542. The smallest absolute Gasteiger partial charge is 0.312 e. The number of likely N-dealkylation sites (N-methyl/N-ethyl adjacent to an activating group) is 1. The summed E-state index contributed by atoms with van der Waals surface area (Å²) in [6, 6.07) is 0. The summed E-state index contributed by atoms with van der Waals surface area (Å²) in [4.78, 5) is 37.5. The highest BCUT2D eigenvalue weighted by atomic mass is 16.5. The first-order chi connectivity index (χ1) is 12.7. The van der Waals surface area contributed by atoms with Gasteiger partial charge in [0, 0.05) is 0 Å². The first-order valence-electron chi connectivity index (χ1n) is 9.97. The number of rotatable bonds is 12. The van der Waals surface area contributed by atoms with E-state index >= 15 is 0 Å². The van der Waals surface area contributed by atoms with Crippen molar-refractivity contribution in [1.82, 2.24) is 0 Å². The van der Waals surface area contributed by atoms with Gasteiger partial charge in [0.2, 0.25) is 0 Å². The Balaban J connectivity index is 5.41. The van der Waals surface area contributed by atoms with Crippen molar-refractivity contribution in [2.45, 2.75) is 53.9 Å². The fraction of sp³-hybridized carbons (Fsp3) is 0.857. The van der Waals surface area contributed by atoms with Crippen LogP contribution in [0.3, 0.4) is 0 Å². The third-order valence-electron chi connectivity index (χ3n) is 5.17. The van der Waals surface area contributed by atoms with Gasteiger partial charge in [-0.05, 0) is 40.0 Å². The average molecular weight is 403 g/mol. The maximum absolute atomic E-state index is 12.8. The van der Waals surface area contributed by atoms with Crippen molar-refractivity contribution in [3.8, 4) is 0 Å². The van der Waals surface area contributed by atoms with Crippen molar-refractivity contribution in [1.29, 1.82) is 0 Å². The highest BCUT2D eigenvalue weighted by Gasteiger charge is 2.46.